The van der Waals surface area contributed by atoms with Crippen LogP contribution in [0.4, 0.5) is 0 Å². The summed E-state index contributed by atoms with van der Waals surface area (Å²) in [7, 11) is -0.500. The van der Waals surface area contributed by atoms with E-state index in [2.05, 4.69) is 12.6 Å². The Morgan fingerprint density at radius 1 is 1.08 bits per heavy atom. The molecule has 0 saturated heterocycles. The van der Waals surface area contributed by atoms with E-state index in [-0.39, 0.29) is 28.5 Å². The van der Waals surface area contributed by atoms with E-state index in [4.69, 9.17) is 10.0 Å². The first kappa shape index (κ1) is 18.1. The number of benzene rings is 1. The molecule has 0 atom stereocenters. The van der Waals surface area contributed by atoms with E-state index < -0.39 is 7.69 Å². The van der Waals surface area contributed by atoms with Crippen LogP contribution in [0.15, 0.2) is 35.2 Å². The zero-order valence-corrected chi connectivity index (χ0v) is 8.85. The summed E-state index contributed by atoms with van der Waals surface area (Å²) in [5.74, 6) is 0. The Hall–Kier alpha value is 0.281. The molecule has 1 aromatic rings. The number of rotatable bonds is 0. The molecular formula is C6H8BMgO3S. The fraction of sp³-hybridized carbons (Fsp3) is 0. The largest absolute Gasteiger partial charge is 2.00 e. The number of hydrogen-bond acceptors (Lipinski definition) is 3. The van der Waals surface area contributed by atoms with Crippen molar-refractivity contribution in [2.24, 2.45) is 0 Å². The second-order valence-corrected chi connectivity index (χ2v) is 2.04. The summed E-state index contributed by atoms with van der Waals surface area (Å²) in [5.41, 5.74) is 0. The summed E-state index contributed by atoms with van der Waals surface area (Å²) in [6.07, 6.45) is 0. The molecule has 0 amide bonds. The first-order valence-electron chi connectivity index (χ1n) is 2.63. The maximum Gasteiger partial charge on any atom is 2.00 e. The second-order valence-electron chi connectivity index (χ2n) is 1.46. The molecule has 6 heteroatoms. The molecule has 61 valence electrons. The van der Waals surface area contributed by atoms with Crippen molar-refractivity contribution in [3.63, 3.8) is 0 Å². The van der Waals surface area contributed by atoms with Gasteiger partial charge in [-0.3, -0.25) is 0 Å². The van der Waals surface area contributed by atoms with E-state index >= 15 is 0 Å². The fourth-order valence-electron chi connectivity index (χ4n) is 0.438. The predicted octanol–water partition coefficient (Wildman–Crippen LogP) is -2.26. The maximum atomic E-state index is 8.25. The Kier molecular flexibility index (Phi) is 20.9. The molecule has 1 N–H and O–H groups in total. The molecule has 1 radical (unpaired) electrons. The third kappa shape index (κ3) is 12.9. The quantitative estimate of drug-likeness (QED) is 0.346. The van der Waals surface area contributed by atoms with Gasteiger partial charge in [-0.1, -0.05) is 18.2 Å². The van der Waals surface area contributed by atoms with Crippen LogP contribution in [0, 0.1) is 0 Å². The molecule has 0 unspecified atom stereocenters. The molecule has 0 aliphatic carbocycles. The van der Waals surface area contributed by atoms with Gasteiger partial charge in [-0.2, -0.15) is 0 Å². The average Bonchev–Trinajstić information content (AvgIpc) is 1.91. The summed E-state index contributed by atoms with van der Waals surface area (Å²) in [6.45, 7) is 0. The molecule has 3 nitrogen and oxygen atoms in total. The third-order valence-corrected chi connectivity index (χ3v) is 1.11. The van der Waals surface area contributed by atoms with Crippen molar-refractivity contribution in [2.75, 3.05) is 0 Å². The van der Waals surface area contributed by atoms with E-state index in [0.29, 0.717) is 0 Å². The third-order valence-electron chi connectivity index (χ3n) is 0.774. The molecule has 0 fully saturated rings. The first-order valence-corrected chi connectivity index (χ1v) is 3.13. The summed E-state index contributed by atoms with van der Waals surface area (Å²) in [5, 5.41) is 16.5. The topological polar surface area (TPSA) is 76.1 Å². The SMILES string of the molecule is [Mg+2].[O-][B][O-].[OH-].[SH2+]c1ccccc1. The van der Waals surface area contributed by atoms with E-state index in [1.54, 1.807) is 0 Å². The van der Waals surface area contributed by atoms with Gasteiger partial charge in [0.25, 0.3) is 0 Å². The van der Waals surface area contributed by atoms with Gasteiger partial charge >= 0.3 is 23.1 Å². The summed E-state index contributed by atoms with van der Waals surface area (Å²) in [6, 6.07) is 9.96. The van der Waals surface area contributed by atoms with Crippen LogP contribution in [0.25, 0.3) is 0 Å². The Morgan fingerprint density at radius 3 is 1.58 bits per heavy atom. The standard InChI is InChI=1S/C6H6S.BO2.Mg.H2O/c7-6-4-2-1-3-5-6;2-1-3;;/h1-5,7H;;;1H2/q;-2;+2;. The van der Waals surface area contributed by atoms with Gasteiger partial charge in [0.05, 0.1) is 0 Å². The Balaban J connectivity index is -0.000000146. The molecule has 0 spiro atoms. The van der Waals surface area contributed by atoms with E-state index in [0.717, 1.165) is 4.90 Å². The smallest absolute Gasteiger partial charge is 0.900 e. The van der Waals surface area contributed by atoms with Gasteiger partial charge in [0.15, 0.2) is 0 Å². The summed E-state index contributed by atoms with van der Waals surface area (Å²) < 4.78 is 0. The Morgan fingerprint density at radius 2 is 1.42 bits per heavy atom. The minimum Gasteiger partial charge on any atom is -0.900 e. The Labute approximate surface area is 94.0 Å². The summed E-state index contributed by atoms with van der Waals surface area (Å²) in [4.78, 5) is 1.13. The minimum absolute atomic E-state index is 0. The molecule has 0 aliphatic heterocycles. The number of hydrogen-bond donors (Lipinski definition) is 0. The van der Waals surface area contributed by atoms with Crippen LogP contribution in [-0.4, -0.2) is 36.2 Å². The predicted molar refractivity (Wildman–Crippen MR) is 48.3 cm³/mol. The van der Waals surface area contributed by atoms with Crippen LogP contribution in [0.1, 0.15) is 0 Å². The normalized spacial score (nSPS) is 6.25. The van der Waals surface area contributed by atoms with Gasteiger partial charge < -0.3 is 15.5 Å². The molecule has 12 heavy (non-hydrogen) atoms. The van der Waals surface area contributed by atoms with Crippen molar-refractivity contribution in [2.45, 2.75) is 4.90 Å². The molecule has 0 heterocycles. The van der Waals surface area contributed by atoms with E-state index in [9.17, 15) is 0 Å². The van der Waals surface area contributed by atoms with Crippen molar-refractivity contribution >= 4 is 43.4 Å². The second kappa shape index (κ2) is 13.8. The van der Waals surface area contributed by atoms with E-state index in [1.807, 2.05) is 30.3 Å². The van der Waals surface area contributed by atoms with Crippen LogP contribution in [0.5, 0.6) is 0 Å². The van der Waals surface area contributed by atoms with Crippen LogP contribution in [-0.2, 0) is 12.6 Å². The first-order chi connectivity index (χ1) is 4.81. The van der Waals surface area contributed by atoms with Crippen molar-refractivity contribution in [1.29, 1.82) is 0 Å². The molecule has 0 bridgehead atoms. The molecule has 1 aromatic carbocycles. The van der Waals surface area contributed by atoms with Gasteiger partial charge in [0.1, 0.15) is 4.90 Å². The minimum atomic E-state index is -0.500. The van der Waals surface area contributed by atoms with Crippen LogP contribution >= 0.6 is 0 Å². The van der Waals surface area contributed by atoms with Gasteiger partial charge in [-0.05, 0) is 24.8 Å². The van der Waals surface area contributed by atoms with E-state index in [1.165, 1.54) is 0 Å². The van der Waals surface area contributed by atoms with Crippen LogP contribution in [0.3, 0.4) is 0 Å². The molecule has 0 saturated carbocycles. The zero-order valence-electron chi connectivity index (χ0n) is 6.43. The van der Waals surface area contributed by atoms with Crippen molar-refractivity contribution in [1.82, 2.24) is 0 Å². The van der Waals surface area contributed by atoms with Gasteiger partial charge in [0.2, 0.25) is 0 Å². The average molecular weight is 195 g/mol. The van der Waals surface area contributed by atoms with Gasteiger partial charge in [0, 0.05) is 0 Å². The molecule has 0 aromatic heterocycles. The van der Waals surface area contributed by atoms with Crippen molar-refractivity contribution in [3.8, 4) is 0 Å². The molecular weight excluding hydrogens is 187 g/mol. The van der Waals surface area contributed by atoms with Crippen LogP contribution < -0.4 is 10.0 Å². The molecule has 1 rings (SSSR count). The van der Waals surface area contributed by atoms with Gasteiger partial charge in [-0.15, -0.1) is 0 Å². The fourth-order valence-corrected chi connectivity index (χ4v) is 0.631. The summed E-state index contributed by atoms with van der Waals surface area (Å²) >= 11 is 3.36. The van der Waals surface area contributed by atoms with Gasteiger partial charge in [-0.25, -0.2) is 7.69 Å². The van der Waals surface area contributed by atoms with Crippen molar-refractivity contribution < 1.29 is 15.5 Å². The van der Waals surface area contributed by atoms with Crippen molar-refractivity contribution in [3.05, 3.63) is 30.3 Å². The molecule has 0 aliphatic rings. The Bertz CT molecular complexity index is 164. The van der Waals surface area contributed by atoms with Crippen LogP contribution in [0.2, 0.25) is 0 Å². The maximum absolute atomic E-state index is 8.25. The monoisotopic (exact) mass is 195 g/mol. The zero-order chi connectivity index (χ0) is 7.82.